The molecular weight excluding hydrogens is 441 g/mol. The van der Waals surface area contributed by atoms with Crippen LogP contribution in [-0.2, 0) is 26.1 Å². The molecular formula is C19H27F3N2O6S. The fourth-order valence-electron chi connectivity index (χ4n) is 2.26. The van der Waals surface area contributed by atoms with E-state index in [0.29, 0.717) is 12.1 Å². The van der Waals surface area contributed by atoms with Crippen LogP contribution in [0.25, 0.3) is 0 Å². The molecule has 8 nitrogen and oxygen atoms in total. The molecule has 176 valence electrons. The Morgan fingerprint density at radius 2 is 1.68 bits per heavy atom. The number of amides is 2. The van der Waals surface area contributed by atoms with Gasteiger partial charge in [0.1, 0.15) is 17.4 Å². The van der Waals surface area contributed by atoms with E-state index < -0.39 is 45.0 Å². The molecule has 31 heavy (non-hydrogen) atoms. The molecule has 0 radical (unpaired) electrons. The number of alkyl halides is 3. The minimum Gasteiger partial charge on any atom is -0.444 e. The number of hydrogen-bond acceptors (Lipinski definition) is 6. The summed E-state index contributed by atoms with van der Waals surface area (Å²) >= 11 is 0. The van der Waals surface area contributed by atoms with Crippen molar-refractivity contribution in [3.05, 3.63) is 29.8 Å². The monoisotopic (exact) mass is 468 g/mol. The van der Waals surface area contributed by atoms with Gasteiger partial charge in [-0.25, -0.2) is 4.79 Å². The Kier molecular flexibility index (Phi) is 9.15. The van der Waals surface area contributed by atoms with Crippen LogP contribution < -0.4 is 14.8 Å². The molecule has 1 rings (SSSR count). The first-order valence-corrected chi connectivity index (χ1v) is 10.9. The highest BCUT2D eigenvalue weighted by Gasteiger charge is 2.48. The fourth-order valence-corrected chi connectivity index (χ4v) is 2.72. The third-order valence-electron chi connectivity index (χ3n) is 3.69. The van der Waals surface area contributed by atoms with Crippen molar-refractivity contribution in [3.63, 3.8) is 0 Å². The molecule has 0 unspecified atom stereocenters. The molecule has 0 aliphatic heterocycles. The Morgan fingerprint density at radius 1 is 1.10 bits per heavy atom. The quantitative estimate of drug-likeness (QED) is 0.327. The number of benzene rings is 1. The maximum absolute atomic E-state index is 12.5. The summed E-state index contributed by atoms with van der Waals surface area (Å²) in [4.78, 5) is 24.6. The van der Waals surface area contributed by atoms with Crippen LogP contribution in [-0.4, -0.2) is 44.1 Å². The summed E-state index contributed by atoms with van der Waals surface area (Å²) in [5.41, 5.74) is -5.88. The summed E-state index contributed by atoms with van der Waals surface area (Å²) in [6.45, 7) is 7.35. The molecule has 0 fully saturated rings. The number of unbranched alkanes of at least 4 members (excludes halogenated alkanes) is 1. The Labute approximate surface area is 179 Å². The van der Waals surface area contributed by atoms with Gasteiger partial charge in [0.25, 0.3) is 0 Å². The largest absolute Gasteiger partial charge is 0.534 e. The smallest absolute Gasteiger partial charge is 0.444 e. The topological polar surface area (TPSA) is 111 Å². The van der Waals surface area contributed by atoms with Gasteiger partial charge < -0.3 is 19.6 Å². The molecule has 0 aromatic heterocycles. The normalized spacial score (nSPS) is 13.3. The lowest BCUT2D eigenvalue weighted by Crippen LogP contribution is -2.49. The number of ether oxygens (including phenoxy) is 1. The Hall–Kier alpha value is -2.50. The lowest BCUT2D eigenvalue weighted by molar-refractivity contribution is -0.123. The Morgan fingerprint density at radius 3 is 2.16 bits per heavy atom. The van der Waals surface area contributed by atoms with Crippen molar-refractivity contribution in [2.75, 3.05) is 6.54 Å². The number of carbonyl (C=O) groups is 2. The SMILES string of the molecule is CCCCNC(=O)[C@H](Cc1ccc(OS(=O)(=O)C(F)(F)F)cc1)NC(=O)OC(C)(C)C. The molecule has 0 aliphatic carbocycles. The van der Waals surface area contributed by atoms with Crippen molar-refractivity contribution in [1.82, 2.24) is 10.6 Å². The molecule has 2 amide bonds. The first-order chi connectivity index (χ1) is 14.1. The first kappa shape index (κ1) is 26.5. The van der Waals surface area contributed by atoms with Gasteiger partial charge in [-0.2, -0.15) is 21.6 Å². The molecule has 0 saturated heterocycles. The summed E-state index contributed by atoms with van der Waals surface area (Å²) < 4.78 is 68.6. The number of alkyl carbamates (subject to hydrolysis) is 1. The minimum absolute atomic E-state index is 0.0104. The van der Waals surface area contributed by atoms with E-state index >= 15 is 0 Å². The van der Waals surface area contributed by atoms with Gasteiger partial charge in [0.15, 0.2) is 0 Å². The summed E-state index contributed by atoms with van der Waals surface area (Å²) in [5.74, 6) is -0.996. The standard InChI is InChI=1S/C19H27F3N2O6S/c1-5-6-11-23-16(25)15(24-17(26)29-18(2,3)4)12-13-7-9-14(10-8-13)30-31(27,28)19(20,21)22/h7-10,15H,5-6,11-12H2,1-4H3,(H,23,25)(H,24,26)/t15-/m0/s1. The summed E-state index contributed by atoms with van der Waals surface area (Å²) in [6, 6.07) is 3.63. The van der Waals surface area contributed by atoms with Gasteiger partial charge in [-0.1, -0.05) is 25.5 Å². The zero-order valence-corrected chi connectivity index (χ0v) is 18.5. The van der Waals surface area contributed by atoms with E-state index in [4.69, 9.17) is 4.74 Å². The van der Waals surface area contributed by atoms with Gasteiger partial charge in [0, 0.05) is 13.0 Å². The van der Waals surface area contributed by atoms with Crippen molar-refractivity contribution in [2.45, 2.75) is 64.1 Å². The number of hydrogen-bond donors (Lipinski definition) is 2. The maximum atomic E-state index is 12.5. The average Bonchev–Trinajstić information content (AvgIpc) is 2.60. The second kappa shape index (κ2) is 10.7. The van der Waals surface area contributed by atoms with E-state index in [-0.39, 0.29) is 6.42 Å². The number of carbonyl (C=O) groups excluding carboxylic acids is 2. The summed E-state index contributed by atoms with van der Waals surface area (Å²) in [5, 5.41) is 5.17. The van der Waals surface area contributed by atoms with Gasteiger partial charge in [0.2, 0.25) is 5.91 Å². The van der Waals surface area contributed by atoms with E-state index in [1.165, 1.54) is 12.1 Å². The summed E-state index contributed by atoms with van der Waals surface area (Å²) in [7, 11) is -5.78. The van der Waals surface area contributed by atoms with Crippen molar-refractivity contribution in [1.29, 1.82) is 0 Å². The maximum Gasteiger partial charge on any atom is 0.534 e. The molecule has 1 aromatic carbocycles. The Bertz CT molecular complexity index is 849. The number of nitrogens with one attached hydrogen (secondary N) is 2. The van der Waals surface area contributed by atoms with E-state index in [2.05, 4.69) is 14.8 Å². The van der Waals surface area contributed by atoms with Crippen LogP contribution in [0.2, 0.25) is 0 Å². The third-order valence-corrected chi connectivity index (χ3v) is 4.67. The van der Waals surface area contributed by atoms with E-state index in [0.717, 1.165) is 25.0 Å². The van der Waals surface area contributed by atoms with Crippen LogP contribution in [0, 0.1) is 0 Å². The van der Waals surface area contributed by atoms with Crippen LogP contribution in [0.4, 0.5) is 18.0 Å². The predicted molar refractivity (Wildman–Crippen MR) is 107 cm³/mol. The van der Waals surface area contributed by atoms with E-state index in [9.17, 15) is 31.2 Å². The van der Waals surface area contributed by atoms with Gasteiger partial charge in [-0.05, 0) is 44.9 Å². The average molecular weight is 468 g/mol. The Balaban J connectivity index is 2.92. The fraction of sp³-hybridized carbons (Fsp3) is 0.579. The van der Waals surface area contributed by atoms with Crippen LogP contribution in [0.3, 0.4) is 0 Å². The highest BCUT2D eigenvalue weighted by molar-refractivity contribution is 7.88. The zero-order chi connectivity index (χ0) is 23.9. The van der Waals surface area contributed by atoms with Gasteiger partial charge in [-0.15, -0.1) is 0 Å². The molecule has 0 heterocycles. The van der Waals surface area contributed by atoms with Crippen LogP contribution in [0.5, 0.6) is 5.75 Å². The third kappa shape index (κ3) is 9.45. The van der Waals surface area contributed by atoms with Crippen LogP contribution in [0.15, 0.2) is 24.3 Å². The van der Waals surface area contributed by atoms with E-state index in [1.807, 2.05) is 6.92 Å². The molecule has 0 aliphatic rings. The highest BCUT2D eigenvalue weighted by atomic mass is 32.2. The van der Waals surface area contributed by atoms with Gasteiger partial charge in [0.05, 0.1) is 0 Å². The molecule has 0 spiro atoms. The van der Waals surface area contributed by atoms with Crippen molar-refractivity contribution in [2.24, 2.45) is 0 Å². The van der Waals surface area contributed by atoms with Crippen molar-refractivity contribution >= 4 is 22.1 Å². The van der Waals surface area contributed by atoms with Crippen LogP contribution >= 0.6 is 0 Å². The van der Waals surface area contributed by atoms with Crippen LogP contribution in [0.1, 0.15) is 46.1 Å². The second-order valence-electron chi connectivity index (χ2n) is 7.67. The molecule has 0 saturated carbocycles. The molecule has 1 aromatic rings. The predicted octanol–water partition coefficient (Wildman–Crippen LogP) is 3.27. The number of halogens is 3. The minimum atomic E-state index is -5.78. The molecule has 1 atom stereocenters. The van der Waals surface area contributed by atoms with E-state index in [1.54, 1.807) is 20.8 Å². The molecule has 12 heteroatoms. The molecule has 2 N–H and O–H groups in total. The zero-order valence-electron chi connectivity index (χ0n) is 17.7. The van der Waals surface area contributed by atoms with Crippen molar-refractivity contribution < 1.29 is 40.1 Å². The summed E-state index contributed by atoms with van der Waals surface area (Å²) in [6.07, 6.45) is 0.778. The second-order valence-corrected chi connectivity index (χ2v) is 9.21. The first-order valence-electron chi connectivity index (χ1n) is 9.51. The lowest BCUT2D eigenvalue weighted by Gasteiger charge is -2.23. The lowest BCUT2D eigenvalue weighted by atomic mass is 10.1. The van der Waals surface area contributed by atoms with Gasteiger partial charge >= 0.3 is 21.7 Å². The number of rotatable bonds is 9. The highest BCUT2D eigenvalue weighted by Crippen LogP contribution is 2.27. The molecule has 0 bridgehead atoms. The van der Waals surface area contributed by atoms with Crippen molar-refractivity contribution in [3.8, 4) is 5.75 Å². The van der Waals surface area contributed by atoms with Gasteiger partial charge in [-0.3, -0.25) is 4.79 Å².